The van der Waals surface area contributed by atoms with Crippen molar-refractivity contribution in [3.63, 3.8) is 0 Å². The molecule has 2 aromatic rings. The highest BCUT2D eigenvalue weighted by Crippen LogP contribution is 2.36. The van der Waals surface area contributed by atoms with Crippen LogP contribution in [0.3, 0.4) is 0 Å². The number of aryl methyl sites for hydroxylation is 1. The molecule has 2 N–H and O–H groups in total. The summed E-state index contributed by atoms with van der Waals surface area (Å²) in [5.41, 5.74) is 0.789. The molecule has 30 heavy (non-hydrogen) atoms. The Morgan fingerprint density at radius 3 is 2.63 bits per heavy atom. The SMILES string of the molecule is Cc1ccccc1NC(=O)CN1C(=O)N[C@](C)(c2ccc3c(c2)OCCCO3)C1=O. The fourth-order valence-electron chi connectivity index (χ4n) is 3.56. The lowest BCUT2D eigenvalue weighted by molar-refractivity contribution is -0.133. The van der Waals surface area contributed by atoms with E-state index < -0.39 is 23.4 Å². The van der Waals surface area contributed by atoms with Crippen LogP contribution in [0.25, 0.3) is 0 Å². The van der Waals surface area contributed by atoms with Gasteiger partial charge in [0.1, 0.15) is 12.1 Å². The van der Waals surface area contributed by atoms with Crippen molar-refractivity contribution in [2.45, 2.75) is 25.8 Å². The number of urea groups is 1. The van der Waals surface area contributed by atoms with Crippen molar-refractivity contribution < 1.29 is 23.9 Å². The number of nitrogens with one attached hydrogen (secondary N) is 2. The van der Waals surface area contributed by atoms with Crippen LogP contribution in [0.15, 0.2) is 42.5 Å². The quantitative estimate of drug-likeness (QED) is 0.757. The average molecular weight is 409 g/mol. The molecule has 4 rings (SSSR count). The molecular weight excluding hydrogens is 386 g/mol. The van der Waals surface area contributed by atoms with E-state index in [0.29, 0.717) is 36.0 Å². The number of hydrogen-bond acceptors (Lipinski definition) is 5. The largest absolute Gasteiger partial charge is 0.490 e. The Bertz CT molecular complexity index is 1020. The third-order valence-electron chi connectivity index (χ3n) is 5.32. The van der Waals surface area contributed by atoms with Crippen molar-refractivity contribution in [3.8, 4) is 11.5 Å². The van der Waals surface area contributed by atoms with Crippen LogP contribution in [0.5, 0.6) is 11.5 Å². The Labute approximate surface area is 174 Å². The van der Waals surface area contributed by atoms with Crippen LogP contribution in [0, 0.1) is 6.92 Å². The maximum Gasteiger partial charge on any atom is 0.325 e. The van der Waals surface area contributed by atoms with E-state index in [4.69, 9.17) is 9.47 Å². The topological polar surface area (TPSA) is 97.0 Å². The number of hydrogen-bond donors (Lipinski definition) is 2. The molecule has 2 aromatic carbocycles. The zero-order valence-electron chi connectivity index (χ0n) is 16.9. The summed E-state index contributed by atoms with van der Waals surface area (Å²) < 4.78 is 11.3. The molecule has 2 heterocycles. The second kappa shape index (κ2) is 7.70. The van der Waals surface area contributed by atoms with Gasteiger partial charge in [0.15, 0.2) is 11.5 Å². The maximum atomic E-state index is 13.1. The highest BCUT2D eigenvalue weighted by atomic mass is 16.5. The molecule has 0 radical (unpaired) electrons. The van der Waals surface area contributed by atoms with E-state index in [9.17, 15) is 14.4 Å². The molecule has 8 heteroatoms. The Morgan fingerprint density at radius 1 is 1.13 bits per heavy atom. The molecule has 8 nitrogen and oxygen atoms in total. The maximum absolute atomic E-state index is 13.1. The number of nitrogens with zero attached hydrogens (tertiary/aromatic N) is 1. The number of imide groups is 1. The molecule has 1 saturated heterocycles. The number of carbonyl (C=O) groups is 3. The van der Waals surface area contributed by atoms with E-state index in [2.05, 4.69) is 10.6 Å². The number of ether oxygens (including phenoxy) is 2. The zero-order valence-corrected chi connectivity index (χ0v) is 16.9. The number of anilines is 1. The third kappa shape index (κ3) is 3.56. The Morgan fingerprint density at radius 2 is 1.87 bits per heavy atom. The molecule has 0 aliphatic carbocycles. The highest BCUT2D eigenvalue weighted by Gasteiger charge is 2.49. The van der Waals surface area contributed by atoms with Crippen molar-refractivity contribution in [3.05, 3.63) is 53.6 Å². The van der Waals surface area contributed by atoms with Crippen LogP contribution in [-0.2, 0) is 15.1 Å². The summed E-state index contributed by atoms with van der Waals surface area (Å²) in [5, 5.41) is 5.45. The fraction of sp³-hybridized carbons (Fsp3) is 0.318. The first-order valence-electron chi connectivity index (χ1n) is 9.78. The predicted octanol–water partition coefficient (Wildman–Crippen LogP) is 2.56. The lowest BCUT2D eigenvalue weighted by Gasteiger charge is -2.23. The highest BCUT2D eigenvalue weighted by molar-refractivity contribution is 6.10. The van der Waals surface area contributed by atoms with Gasteiger partial charge in [-0.3, -0.25) is 14.5 Å². The smallest absolute Gasteiger partial charge is 0.325 e. The van der Waals surface area contributed by atoms with E-state index in [1.165, 1.54) is 0 Å². The van der Waals surface area contributed by atoms with Gasteiger partial charge in [0.25, 0.3) is 5.91 Å². The van der Waals surface area contributed by atoms with Gasteiger partial charge in [0.2, 0.25) is 5.91 Å². The van der Waals surface area contributed by atoms with Crippen LogP contribution < -0.4 is 20.1 Å². The first-order valence-corrected chi connectivity index (χ1v) is 9.78. The van der Waals surface area contributed by atoms with Crippen molar-refractivity contribution in [2.24, 2.45) is 0 Å². The molecule has 1 fully saturated rings. The summed E-state index contributed by atoms with van der Waals surface area (Å²) in [5.74, 6) is 0.188. The van der Waals surface area contributed by atoms with Crippen molar-refractivity contribution >= 4 is 23.5 Å². The van der Waals surface area contributed by atoms with Crippen LogP contribution in [0.4, 0.5) is 10.5 Å². The number of benzene rings is 2. The number of amides is 4. The first kappa shape index (κ1) is 19.8. The second-order valence-electron chi connectivity index (χ2n) is 7.52. The summed E-state index contributed by atoms with van der Waals surface area (Å²) in [6.45, 7) is 4.18. The fourth-order valence-corrected chi connectivity index (χ4v) is 3.56. The van der Waals surface area contributed by atoms with Gasteiger partial charge >= 0.3 is 6.03 Å². The van der Waals surface area contributed by atoms with Crippen molar-refractivity contribution in [2.75, 3.05) is 25.1 Å². The summed E-state index contributed by atoms with van der Waals surface area (Å²) in [4.78, 5) is 39.0. The minimum Gasteiger partial charge on any atom is -0.490 e. The number of fused-ring (bicyclic) bond motifs is 1. The molecule has 0 spiro atoms. The summed E-state index contributed by atoms with van der Waals surface area (Å²) in [7, 11) is 0. The minimum absolute atomic E-state index is 0.376. The van der Waals surface area contributed by atoms with Gasteiger partial charge in [0.05, 0.1) is 13.2 Å². The van der Waals surface area contributed by atoms with E-state index >= 15 is 0 Å². The summed E-state index contributed by atoms with van der Waals surface area (Å²) >= 11 is 0. The number of carbonyl (C=O) groups excluding carboxylic acids is 3. The van der Waals surface area contributed by atoms with Gasteiger partial charge in [-0.1, -0.05) is 24.3 Å². The molecule has 2 aliphatic rings. The Hall–Kier alpha value is -3.55. The Kier molecular flexibility index (Phi) is 5.07. The molecule has 0 saturated carbocycles. The normalized spacial score (nSPS) is 20.5. The lowest BCUT2D eigenvalue weighted by atomic mass is 9.91. The molecule has 0 bridgehead atoms. The monoisotopic (exact) mass is 409 g/mol. The van der Waals surface area contributed by atoms with Gasteiger partial charge < -0.3 is 20.1 Å². The molecule has 0 aromatic heterocycles. The third-order valence-corrected chi connectivity index (χ3v) is 5.32. The average Bonchev–Trinajstić information content (AvgIpc) is 2.89. The second-order valence-corrected chi connectivity index (χ2v) is 7.52. The van der Waals surface area contributed by atoms with Gasteiger partial charge in [-0.2, -0.15) is 0 Å². The molecule has 4 amide bonds. The molecular formula is C22H23N3O5. The minimum atomic E-state index is -1.30. The van der Waals surface area contributed by atoms with E-state index in [1.54, 1.807) is 37.3 Å². The van der Waals surface area contributed by atoms with Gasteiger partial charge in [-0.15, -0.1) is 0 Å². The number of para-hydroxylation sites is 1. The predicted molar refractivity (Wildman–Crippen MR) is 109 cm³/mol. The van der Waals surface area contributed by atoms with Crippen LogP contribution in [0.1, 0.15) is 24.5 Å². The van der Waals surface area contributed by atoms with Crippen LogP contribution in [-0.4, -0.2) is 42.5 Å². The molecule has 0 unspecified atom stereocenters. The van der Waals surface area contributed by atoms with Gasteiger partial charge in [-0.05, 0) is 43.2 Å². The first-order chi connectivity index (χ1) is 14.4. The summed E-state index contributed by atoms with van der Waals surface area (Å²) in [6.07, 6.45) is 0.765. The van der Waals surface area contributed by atoms with Crippen molar-refractivity contribution in [1.82, 2.24) is 10.2 Å². The van der Waals surface area contributed by atoms with Crippen LogP contribution >= 0.6 is 0 Å². The summed E-state index contributed by atoms with van der Waals surface area (Å²) in [6, 6.07) is 11.8. The Balaban J connectivity index is 1.52. The van der Waals surface area contributed by atoms with E-state index in [-0.39, 0.29) is 6.54 Å². The lowest BCUT2D eigenvalue weighted by Crippen LogP contribution is -2.42. The molecule has 156 valence electrons. The zero-order chi connectivity index (χ0) is 21.3. The molecule has 1 atom stereocenters. The standard InChI is InChI=1S/C22H23N3O5/c1-14-6-3-4-7-16(14)23-19(26)13-25-20(27)22(2,24-21(25)28)15-8-9-17-18(12-15)30-11-5-10-29-17/h3-4,6-9,12H,5,10-11,13H2,1-2H3,(H,23,26)(H,24,28)/t22-/m1/s1. The van der Waals surface area contributed by atoms with E-state index in [0.717, 1.165) is 16.9 Å². The van der Waals surface area contributed by atoms with E-state index in [1.807, 2.05) is 19.1 Å². The van der Waals surface area contributed by atoms with Gasteiger partial charge in [0, 0.05) is 12.1 Å². The van der Waals surface area contributed by atoms with Gasteiger partial charge in [-0.25, -0.2) is 4.79 Å². The van der Waals surface area contributed by atoms with Crippen molar-refractivity contribution in [1.29, 1.82) is 0 Å². The number of rotatable bonds is 4. The van der Waals surface area contributed by atoms with Crippen LogP contribution in [0.2, 0.25) is 0 Å². The molecule has 2 aliphatic heterocycles.